The number of carboxylic acid groups (broad SMARTS) is 2. The molecule has 0 aromatic heterocycles. The number of morpholine rings is 1. The second-order valence-corrected chi connectivity index (χ2v) is 8.72. The van der Waals surface area contributed by atoms with Gasteiger partial charge in [0.2, 0.25) is 0 Å². The maximum Gasteiger partial charge on any atom is 0.490 e. The van der Waals surface area contributed by atoms with Crippen LogP contribution in [0.25, 0.3) is 0 Å². The predicted octanol–water partition coefficient (Wildman–Crippen LogP) is 3.22. The van der Waals surface area contributed by atoms with Crippen molar-refractivity contribution in [1.29, 1.82) is 0 Å². The molecule has 9 nitrogen and oxygen atoms in total. The van der Waals surface area contributed by atoms with Gasteiger partial charge in [-0.1, -0.05) is 19.1 Å². The van der Waals surface area contributed by atoms with Gasteiger partial charge in [-0.15, -0.1) is 0 Å². The summed E-state index contributed by atoms with van der Waals surface area (Å²) in [6.07, 6.45) is -4.27. The fraction of sp³-hybridized carbons (Fsp3) is 0.333. The van der Waals surface area contributed by atoms with Crippen LogP contribution in [0.1, 0.15) is 22.8 Å². The lowest BCUT2D eigenvalue weighted by Crippen LogP contribution is -2.37. The number of alkyl halides is 3. The average Bonchev–Trinajstić information content (AvgIpc) is 2.79. The molecule has 2 aromatic carbocycles. The van der Waals surface area contributed by atoms with Crippen LogP contribution in [-0.4, -0.2) is 63.0 Å². The number of carbonyl (C=O) groups is 2. The summed E-state index contributed by atoms with van der Waals surface area (Å²) in [5, 5.41) is 16.7. The van der Waals surface area contributed by atoms with Gasteiger partial charge < -0.3 is 19.8 Å². The Hall–Kier alpha value is -3.32. The lowest BCUT2D eigenvalue weighted by molar-refractivity contribution is -0.192. The van der Waals surface area contributed by atoms with Crippen LogP contribution in [0.3, 0.4) is 0 Å². The van der Waals surface area contributed by atoms with Gasteiger partial charge in [0.25, 0.3) is 10.0 Å². The summed E-state index contributed by atoms with van der Waals surface area (Å²) >= 11 is 0. The lowest BCUT2D eigenvalue weighted by atomic mass is 10.1. The van der Waals surface area contributed by atoms with Gasteiger partial charge in [-0.3, -0.25) is 4.72 Å². The molecule has 2 aromatic rings. The Labute approximate surface area is 193 Å². The number of sulfonamides is 1. The highest BCUT2D eigenvalue weighted by Crippen LogP contribution is 2.27. The highest BCUT2D eigenvalue weighted by atomic mass is 32.2. The number of ether oxygens (including phenoxy) is 1. The van der Waals surface area contributed by atoms with Crippen molar-refractivity contribution in [1.82, 2.24) is 0 Å². The fourth-order valence-corrected chi connectivity index (χ4v) is 4.02. The van der Waals surface area contributed by atoms with E-state index < -0.39 is 28.1 Å². The van der Waals surface area contributed by atoms with Crippen molar-refractivity contribution in [2.45, 2.75) is 24.4 Å². The molecule has 186 valence electrons. The number of aromatic carboxylic acids is 1. The molecule has 3 rings (SSSR count). The van der Waals surface area contributed by atoms with E-state index in [0.717, 1.165) is 12.0 Å². The first-order chi connectivity index (χ1) is 15.8. The molecule has 0 aliphatic carbocycles. The Morgan fingerprint density at radius 3 is 2.09 bits per heavy atom. The number of hydrogen-bond acceptors (Lipinski definition) is 6. The zero-order valence-corrected chi connectivity index (χ0v) is 18.8. The normalized spacial score (nSPS) is 14.1. The number of halogens is 3. The third kappa shape index (κ3) is 7.35. The van der Waals surface area contributed by atoms with Crippen LogP contribution in [0.15, 0.2) is 47.4 Å². The van der Waals surface area contributed by atoms with E-state index in [1.807, 2.05) is 11.8 Å². The molecule has 13 heteroatoms. The van der Waals surface area contributed by atoms with Crippen LogP contribution >= 0.6 is 0 Å². The Morgan fingerprint density at radius 2 is 1.62 bits per heavy atom. The first kappa shape index (κ1) is 26.9. The monoisotopic (exact) mass is 504 g/mol. The molecule has 0 spiro atoms. The van der Waals surface area contributed by atoms with Gasteiger partial charge in [0.15, 0.2) is 0 Å². The summed E-state index contributed by atoms with van der Waals surface area (Å²) < 4.78 is 64.7. The van der Waals surface area contributed by atoms with Crippen LogP contribution < -0.4 is 9.62 Å². The van der Waals surface area contributed by atoms with E-state index in [1.165, 1.54) is 6.07 Å². The van der Waals surface area contributed by atoms with Gasteiger partial charge in [-0.2, -0.15) is 13.2 Å². The summed E-state index contributed by atoms with van der Waals surface area (Å²) in [5.41, 5.74) is 1.86. The molecule has 0 unspecified atom stereocenters. The highest BCUT2D eigenvalue weighted by Gasteiger charge is 2.38. The molecule has 1 fully saturated rings. The first-order valence-electron chi connectivity index (χ1n) is 9.97. The smallest absolute Gasteiger partial charge is 0.478 e. The van der Waals surface area contributed by atoms with Gasteiger partial charge in [0.1, 0.15) is 0 Å². The zero-order chi connectivity index (χ0) is 25.5. The van der Waals surface area contributed by atoms with Crippen molar-refractivity contribution in [3.63, 3.8) is 0 Å². The van der Waals surface area contributed by atoms with Crippen molar-refractivity contribution in [3.8, 4) is 0 Å². The summed E-state index contributed by atoms with van der Waals surface area (Å²) in [6, 6.07) is 11.2. The lowest BCUT2D eigenvalue weighted by Gasteiger charge is -2.30. The molecular formula is C21H23F3N2O7S. The van der Waals surface area contributed by atoms with E-state index in [-0.39, 0.29) is 16.1 Å². The Balaban J connectivity index is 0.000000509. The minimum absolute atomic E-state index is 0.0541. The Bertz CT molecular complexity index is 1110. The predicted molar refractivity (Wildman–Crippen MR) is 117 cm³/mol. The fourth-order valence-electron chi connectivity index (χ4n) is 2.97. The van der Waals surface area contributed by atoms with Crippen LogP contribution in [-0.2, 0) is 26.0 Å². The van der Waals surface area contributed by atoms with Crippen LogP contribution in [0.5, 0.6) is 0 Å². The second kappa shape index (κ2) is 11.2. The molecule has 1 aliphatic rings. The topological polar surface area (TPSA) is 133 Å². The molecule has 0 radical (unpaired) electrons. The van der Waals surface area contributed by atoms with E-state index in [2.05, 4.69) is 4.72 Å². The van der Waals surface area contributed by atoms with Crippen LogP contribution in [0, 0.1) is 0 Å². The summed E-state index contributed by atoms with van der Waals surface area (Å²) in [4.78, 5) is 22.6. The molecule has 0 amide bonds. The largest absolute Gasteiger partial charge is 0.490 e. The van der Waals surface area contributed by atoms with Crippen molar-refractivity contribution in [2.24, 2.45) is 0 Å². The molecule has 1 aliphatic heterocycles. The van der Waals surface area contributed by atoms with Crippen molar-refractivity contribution >= 4 is 33.3 Å². The minimum Gasteiger partial charge on any atom is -0.478 e. The minimum atomic E-state index is -5.08. The number of benzene rings is 2. The van der Waals surface area contributed by atoms with E-state index in [9.17, 15) is 31.5 Å². The molecule has 0 bridgehead atoms. The zero-order valence-electron chi connectivity index (χ0n) is 18.0. The van der Waals surface area contributed by atoms with Gasteiger partial charge in [-0.05, 0) is 42.3 Å². The van der Waals surface area contributed by atoms with E-state index in [1.54, 1.807) is 36.4 Å². The molecule has 0 atom stereocenters. The van der Waals surface area contributed by atoms with Gasteiger partial charge in [-0.25, -0.2) is 18.0 Å². The maximum atomic E-state index is 12.6. The number of carboxylic acids is 2. The molecule has 1 saturated heterocycles. The van der Waals surface area contributed by atoms with Crippen molar-refractivity contribution in [2.75, 3.05) is 35.9 Å². The van der Waals surface area contributed by atoms with E-state index >= 15 is 0 Å². The molecule has 1 heterocycles. The number of nitrogens with one attached hydrogen (secondary N) is 1. The SMILES string of the molecule is CCc1ccc(S(=O)(=O)Nc2ccc(N3CCOCC3)c(C(=O)O)c2)cc1.O=C(O)C(F)(F)F. The summed E-state index contributed by atoms with van der Waals surface area (Å²) in [5.74, 6) is -3.86. The first-order valence-corrected chi connectivity index (χ1v) is 11.5. The Morgan fingerprint density at radius 1 is 1.06 bits per heavy atom. The third-order valence-electron chi connectivity index (χ3n) is 4.72. The second-order valence-electron chi connectivity index (χ2n) is 7.04. The van der Waals surface area contributed by atoms with E-state index in [0.29, 0.717) is 32.0 Å². The third-order valence-corrected chi connectivity index (χ3v) is 6.11. The quantitative estimate of drug-likeness (QED) is 0.546. The van der Waals surface area contributed by atoms with Gasteiger partial charge >= 0.3 is 18.1 Å². The highest BCUT2D eigenvalue weighted by molar-refractivity contribution is 7.92. The average molecular weight is 504 g/mol. The summed E-state index contributed by atoms with van der Waals surface area (Å²) in [7, 11) is -3.80. The Kier molecular flexibility index (Phi) is 8.87. The van der Waals surface area contributed by atoms with Crippen LogP contribution in [0.4, 0.5) is 24.5 Å². The number of anilines is 2. The van der Waals surface area contributed by atoms with Crippen molar-refractivity contribution < 1.29 is 46.1 Å². The number of aryl methyl sites for hydroxylation is 1. The number of nitrogens with zero attached hydrogens (tertiary/aromatic N) is 1. The standard InChI is InChI=1S/C19H22N2O5S.C2HF3O2/c1-2-14-3-6-16(7-4-14)27(24,25)20-15-5-8-18(17(13-15)19(22)23)21-9-11-26-12-10-21;3-2(4,5)1(6)7/h3-8,13,20H,2,9-12H2,1H3,(H,22,23);(H,6,7). The van der Waals surface area contributed by atoms with Gasteiger partial charge in [0.05, 0.1) is 29.4 Å². The molecule has 0 saturated carbocycles. The number of hydrogen-bond donors (Lipinski definition) is 3. The molecule has 34 heavy (non-hydrogen) atoms. The van der Waals surface area contributed by atoms with Gasteiger partial charge in [0, 0.05) is 18.8 Å². The summed E-state index contributed by atoms with van der Waals surface area (Å²) in [6.45, 7) is 4.23. The van der Waals surface area contributed by atoms with Crippen LogP contribution in [0.2, 0.25) is 0 Å². The number of aliphatic carboxylic acids is 1. The molecule has 3 N–H and O–H groups in total. The maximum absolute atomic E-state index is 12.6. The number of rotatable bonds is 6. The molecular weight excluding hydrogens is 481 g/mol. The van der Waals surface area contributed by atoms with E-state index in [4.69, 9.17) is 14.6 Å². The van der Waals surface area contributed by atoms with Crippen molar-refractivity contribution in [3.05, 3.63) is 53.6 Å².